The van der Waals surface area contributed by atoms with Crippen LogP contribution in [0.2, 0.25) is 6.32 Å². The van der Waals surface area contributed by atoms with Crippen molar-refractivity contribution in [3.05, 3.63) is 65.2 Å². The summed E-state index contributed by atoms with van der Waals surface area (Å²) in [5.41, 5.74) is 4.29. The maximum atomic E-state index is 14.4. The Morgan fingerprint density at radius 3 is 2.62 bits per heavy atom. The van der Waals surface area contributed by atoms with Gasteiger partial charge in [-0.25, -0.2) is 8.78 Å². The molecule has 24 heavy (non-hydrogen) atoms. The summed E-state index contributed by atoms with van der Waals surface area (Å²) in [5, 5.41) is 3.08. The van der Waals surface area contributed by atoms with Crippen LogP contribution in [0.3, 0.4) is 0 Å². The van der Waals surface area contributed by atoms with Gasteiger partial charge in [0.05, 0.1) is 0 Å². The molecule has 2 aromatic rings. The van der Waals surface area contributed by atoms with Crippen LogP contribution in [0.15, 0.2) is 36.9 Å². The Morgan fingerprint density at radius 2 is 2.00 bits per heavy atom. The highest BCUT2D eigenvalue weighted by Gasteiger charge is 2.24. The van der Waals surface area contributed by atoms with Crippen molar-refractivity contribution in [2.24, 2.45) is 0 Å². The third kappa shape index (κ3) is 3.53. The highest BCUT2D eigenvalue weighted by atomic mass is 19.1. The van der Waals surface area contributed by atoms with E-state index in [2.05, 4.69) is 11.9 Å². The lowest BCUT2D eigenvalue weighted by Crippen LogP contribution is -2.19. The first-order valence-corrected chi connectivity index (χ1v) is 8.38. The van der Waals surface area contributed by atoms with E-state index in [4.69, 9.17) is 0 Å². The summed E-state index contributed by atoms with van der Waals surface area (Å²) in [4.78, 5) is 0. The van der Waals surface area contributed by atoms with Crippen molar-refractivity contribution >= 4 is 24.1 Å². The molecule has 1 fully saturated rings. The van der Waals surface area contributed by atoms with Crippen LogP contribution in [-0.2, 0) is 0 Å². The van der Waals surface area contributed by atoms with E-state index < -0.39 is 0 Å². The topological polar surface area (TPSA) is 12.0 Å². The number of hydrogen-bond donors (Lipinski definition) is 1. The molecule has 0 unspecified atom stereocenters. The van der Waals surface area contributed by atoms with Crippen LogP contribution in [0.4, 0.5) is 14.5 Å². The molecule has 1 N–H and O–H groups in total. The Morgan fingerprint density at radius 1 is 1.25 bits per heavy atom. The van der Waals surface area contributed by atoms with Crippen molar-refractivity contribution in [2.75, 3.05) is 5.32 Å². The zero-order valence-electron chi connectivity index (χ0n) is 14.1. The fourth-order valence-corrected chi connectivity index (χ4v) is 2.94. The molecule has 1 radical (unpaired) electrons. The zero-order chi connectivity index (χ0) is 17.3. The quantitative estimate of drug-likeness (QED) is 0.737. The highest BCUT2D eigenvalue weighted by Crippen LogP contribution is 2.40. The first kappa shape index (κ1) is 16.8. The van der Waals surface area contributed by atoms with Crippen LogP contribution >= 0.6 is 0 Å². The SMILES string of the molecule is C=C(Nc1cc(F)cc([B]CC)c1C)c1ccc(C2CC2)cc1F. The molecule has 2 aromatic carbocycles. The van der Waals surface area contributed by atoms with Crippen molar-refractivity contribution in [2.45, 2.75) is 38.9 Å². The number of benzene rings is 2. The third-order valence-electron chi connectivity index (χ3n) is 4.49. The third-order valence-corrected chi connectivity index (χ3v) is 4.49. The normalized spacial score (nSPS) is 13.7. The van der Waals surface area contributed by atoms with E-state index in [0.717, 1.165) is 35.8 Å². The molecule has 3 rings (SSSR count). The largest absolute Gasteiger partial charge is 0.355 e. The van der Waals surface area contributed by atoms with E-state index in [1.165, 1.54) is 12.1 Å². The van der Waals surface area contributed by atoms with Crippen molar-refractivity contribution < 1.29 is 8.78 Å². The van der Waals surface area contributed by atoms with E-state index in [9.17, 15) is 8.78 Å². The highest BCUT2D eigenvalue weighted by molar-refractivity contribution is 6.54. The predicted octanol–water partition coefficient (Wildman–Crippen LogP) is 5.00. The summed E-state index contributed by atoms with van der Waals surface area (Å²) in [6.45, 7) is 7.86. The van der Waals surface area contributed by atoms with E-state index >= 15 is 0 Å². The lowest BCUT2D eigenvalue weighted by molar-refractivity contribution is 0.621. The Hall–Kier alpha value is -2.10. The molecule has 0 aromatic heterocycles. The molecule has 1 nitrogen and oxygen atoms in total. The Labute approximate surface area is 143 Å². The lowest BCUT2D eigenvalue weighted by Gasteiger charge is -2.16. The molecule has 1 saturated carbocycles. The first-order chi connectivity index (χ1) is 11.5. The van der Waals surface area contributed by atoms with Gasteiger partial charge in [-0.05, 0) is 61.1 Å². The lowest BCUT2D eigenvalue weighted by atomic mass is 9.66. The molecule has 0 heterocycles. The summed E-state index contributed by atoms with van der Waals surface area (Å²) >= 11 is 0. The molecular weight excluding hydrogens is 303 g/mol. The Balaban J connectivity index is 1.84. The van der Waals surface area contributed by atoms with Gasteiger partial charge in [0.25, 0.3) is 0 Å². The Kier molecular flexibility index (Phi) is 4.75. The summed E-state index contributed by atoms with van der Waals surface area (Å²) in [7, 11) is 1.97. The van der Waals surface area contributed by atoms with Gasteiger partial charge in [-0.2, -0.15) is 0 Å². The fraction of sp³-hybridized carbons (Fsp3) is 0.300. The summed E-state index contributed by atoms with van der Waals surface area (Å²) in [6.07, 6.45) is 3.09. The van der Waals surface area contributed by atoms with Gasteiger partial charge in [-0.1, -0.05) is 31.4 Å². The van der Waals surface area contributed by atoms with Gasteiger partial charge in [-0.15, -0.1) is 0 Å². The average Bonchev–Trinajstić information content (AvgIpc) is 3.36. The van der Waals surface area contributed by atoms with E-state index in [1.807, 2.05) is 27.2 Å². The van der Waals surface area contributed by atoms with Crippen molar-refractivity contribution in [1.29, 1.82) is 0 Å². The number of halogens is 2. The standard InChI is InChI=1S/C20H21BF2N/c1-4-21-18-10-16(22)11-20(12(18)2)24-13(3)17-8-7-15(9-19(17)23)14-5-6-14/h7-11,14,24H,3-6H2,1-2H3. The van der Waals surface area contributed by atoms with Crippen LogP contribution in [0.25, 0.3) is 5.70 Å². The van der Waals surface area contributed by atoms with Crippen LogP contribution in [0.5, 0.6) is 0 Å². The predicted molar refractivity (Wildman–Crippen MR) is 98.0 cm³/mol. The van der Waals surface area contributed by atoms with Crippen LogP contribution in [0, 0.1) is 18.6 Å². The monoisotopic (exact) mass is 324 g/mol. The smallest absolute Gasteiger partial charge is 0.151 e. The summed E-state index contributed by atoms with van der Waals surface area (Å²) in [5.74, 6) is -0.0983. The van der Waals surface area contributed by atoms with Gasteiger partial charge in [0.15, 0.2) is 7.28 Å². The van der Waals surface area contributed by atoms with Crippen molar-refractivity contribution in [3.63, 3.8) is 0 Å². The minimum atomic E-state index is -0.319. The van der Waals surface area contributed by atoms with Gasteiger partial charge >= 0.3 is 0 Å². The van der Waals surface area contributed by atoms with Gasteiger partial charge in [0, 0.05) is 16.9 Å². The molecule has 1 aliphatic rings. The van der Waals surface area contributed by atoms with E-state index in [0.29, 0.717) is 22.9 Å². The molecule has 0 bridgehead atoms. The van der Waals surface area contributed by atoms with Crippen molar-refractivity contribution in [1.82, 2.24) is 0 Å². The number of rotatable bonds is 6. The van der Waals surface area contributed by atoms with Gasteiger partial charge in [-0.3, -0.25) is 0 Å². The summed E-state index contributed by atoms with van der Waals surface area (Å²) in [6, 6.07) is 8.24. The summed E-state index contributed by atoms with van der Waals surface area (Å²) < 4.78 is 28.2. The van der Waals surface area contributed by atoms with Crippen LogP contribution in [0.1, 0.15) is 42.4 Å². The maximum absolute atomic E-state index is 14.4. The molecular formula is C20H21BF2N. The second kappa shape index (κ2) is 6.80. The number of anilines is 1. The average molecular weight is 324 g/mol. The first-order valence-electron chi connectivity index (χ1n) is 8.38. The fourth-order valence-electron chi connectivity index (χ4n) is 2.94. The number of nitrogens with one attached hydrogen (secondary N) is 1. The molecule has 1 aliphatic carbocycles. The molecule has 123 valence electrons. The molecule has 0 atom stereocenters. The second-order valence-electron chi connectivity index (χ2n) is 6.40. The maximum Gasteiger partial charge on any atom is 0.151 e. The van der Waals surface area contributed by atoms with E-state index in [1.54, 1.807) is 12.1 Å². The van der Waals surface area contributed by atoms with Crippen LogP contribution < -0.4 is 10.8 Å². The zero-order valence-corrected chi connectivity index (χ0v) is 14.1. The molecule has 4 heteroatoms. The second-order valence-corrected chi connectivity index (χ2v) is 6.40. The van der Waals surface area contributed by atoms with Crippen molar-refractivity contribution in [3.8, 4) is 0 Å². The molecule has 0 spiro atoms. The van der Waals surface area contributed by atoms with Crippen LogP contribution in [-0.4, -0.2) is 7.28 Å². The Bertz CT molecular complexity index is 781. The van der Waals surface area contributed by atoms with E-state index in [-0.39, 0.29) is 11.6 Å². The molecule has 0 saturated heterocycles. The van der Waals surface area contributed by atoms with Gasteiger partial charge in [0.1, 0.15) is 11.6 Å². The molecule has 0 amide bonds. The van der Waals surface area contributed by atoms with Gasteiger partial charge in [0.2, 0.25) is 0 Å². The molecule has 0 aliphatic heterocycles. The van der Waals surface area contributed by atoms with Gasteiger partial charge < -0.3 is 5.32 Å². The minimum absolute atomic E-state index is 0.286. The minimum Gasteiger partial charge on any atom is -0.355 e. The number of hydrogen-bond acceptors (Lipinski definition) is 1.